The summed E-state index contributed by atoms with van der Waals surface area (Å²) in [6.07, 6.45) is 5.49. The number of imidazole rings is 1. The molecule has 0 spiro atoms. The molecule has 4 heterocycles. The first-order valence-electron chi connectivity index (χ1n) is 13.1. The Labute approximate surface area is 227 Å². The maximum atomic E-state index is 15.8. The highest BCUT2D eigenvalue weighted by Gasteiger charge is 2.52. The number of piperidine rings is 1. The highest BCUT2D eigenvalue weighted by molar-refractivity contribution is 5.71. The molecule has 0 radical (unpaired) electrons. The first-order chi connectivity index (χ1) is 18.7. The van der Waals surface area contributed by atoms with E-state index in [0.29, 0.717) is 30.1 Å². The van der Waals surface area contributed by atoms with E-state index in [1.54, 1.807) is 24.5 Å². The molecule has 11 heteroatoms. The van der Waals surface area contributed by atoms with E-state index in [0.717, 1.165) is 17.7 Å². The third-order valence-electron chi connectivity index (χ3n) is 7.28. The molecule has 3 aromatic rings. The molecule has 10 nitrogen and oxygen atoms in total. The van der Waals surface area contributed by atoms with Crippen molar-refractivity contribution < 1.29 is 23.4 Å². The molecule has 2 aliphatic heterocycles. The second-order valence-corrected chi connectivity index (χ2v) is 11.0. The highest BCUT2D eigenvalue weighted by atomic mass is 19.1. The zero-order chi connectivity index (χ0) is 27.7. The van der Waals surface area contributed by atoms with Gasteiger partial charge < -0.3 is 23.7 Å². The fourth-order valence-electron chi connectivity index (χ4n) is 5.46. The van der Waals surface area contributed by atoms with E-state index in [1.807, 2.05) is 73.8 Å². The first-order valence-corrected chi connectivity index (χ1v) is 13.1. The molecular weight excluding hydrogens is 503 g/mol. The van der Waals surface area contributed by atoms with Gasteiger partial charge in [0.25, 0.3) is 0 Å². The number of alkyl halides is 1. The molecule has 2 bridgehead atoms. The molecule has 4 atom stereocenters. The number of fused-ring (bicyclic) bond motifs is 2. The minimum Gasteiger partial charge on any atom is -0.467 e. The number of methoxy groups -OCH3 is 1. The maximum absolute atomic E-state index is 15.8. The van der Waals surface area contributed by atoms with Crippen LogP contribution in [0.15, 0.2) is 49.1 Å². The number of hydrogen-bond donors (Lipinski definition) is 0. The Morgan fingerprint density at radius 3 is 2.67 bits per heavy atom. The molecule has 2 fully saturated rings. The summed E-state index contributed by atoms with van der Waals surface area (Å²) >= 11 is 0. The Morgan fingerprint density at radius 1 is 1.18 bits per heavy atom. The Bertz CT molecular complexity index is 1280. The Kier molecular flexibility index (Phi) is 7.44. The number of benzene rings is 1. The predicted molar refractivity (Wildman–Crippen MR) is 144 cm³/mol. The molecule has 0 unspecified atom stereocenters. The van der Waals surface area contributed by atoms with Crippen molar-refractivity contribution >= 4 is 11.9 Å². The van der Waals surface area contributed by atoms with Gasteiger partial charge in [-0.2, -0.15) is 0 Å². The van der Waals surface area contributed by atoms with E-state index >= 15 is 4.39 Å². The van der Waals surface area contributed by atoms with Gasteiger partial charge in [0.05, 0.1) is 29.8 Å². The molecule has 1 amide bonds. The summed E-state index contributed by atoms with van der Waals surface area (Å²) in [6.45, 7) is 5.55. The lowest BCUT2D eigenvalue weighted by Crippen LogP contribution is -2.59. The van der Waals surface area contributed by atoms with Crippen molar-refractivity contribution in [3.8, 4) is 22.7 Å². The summed E-state index contributed by atoms with van der Waals surface area (Å²) in [7, 11) is 3.39. The molecule has 2 aromatic heterocycles. The molecule has 1 aromatic carbocycles. The van der Waals surface area contributed by atoms with Crippen LogP contribution in [0.3, 0.4) is 0 Å². The maximum Gasteiger partial charge on any atom is 0.410 e. The van der Waals surface area contributed by atoms with Crippen LogP contribution in [-0.4, -0.2) is 81.6 Å². The van der Waals surface area contributed by atoms with Crippen LogP contribution in [0.4, 0.5) is 15.0 Å². The molecule has 0 saturated carbocycles. The number of rotatable bonds is 7. The van der Waals surface area contributed by atoms with Crippen molar-refractivity contribution in [2.75, 3.05) is 25.9 Å². The van der Waals surface area contributed by atoms with Gasteiger partial charge in [0.1, 0.15) is 17.5 Å². The Hall–Kier alpha value is -3.73. The third-order valence-corrected chi connectivity index (χ3v) is 7.28. The van der Waals surface area contributed by atoms with Crippen molar-refractivity contribution in [1.29, 1.82) is 0 Å². The first kappa shape index (κ1) is 26.9. The number of anilines is 1. The van der Waals surface area contributed by atoms with E-state index in [1.165, 1.54) is 0 Å². The molecule has 0 N–H and O–H groups in total. The summed E-state index contributed by atoms with van der Waals surface area (Å²) < 4.78 is 34.2. The second kappa shape index (κ2) is 10.8. The number of hydrogen-bond acceptors (Lipinski definition) is 8. The number of aromatic nitrogens is 4. The van der Waals surface area contributed by atoms with Crippen LogP contribution in [0.25, 0.3) is 16.9 Å². The zero-order valence-electron chi connectivity index (χ0n) is 23.0. The fraction of sp³-hybridized carbons (Fsp3) is 0.500. The van der Waals surface area contributed by atoms with Crippen molar-refractivity contribution in [1.82, 2.24) is 24.6 Å². The molecule has 0 aliphatic carbocycles. The predicted octanol–water partition coefficient (Wildman–Crippen LogP) is 4.63. The molecule has 2 saturated heterocycles. The van der Waals surface area contributed by atoms with Gasteiger partial charge in [0, 0.05) is 44.2 Å². The molecular formula is C28H35FN6O4. The Morgan fingerprint density at radius 2 is 2.00 bits per heavy atom. The summed E-state index contributed by atoms with van der Waals surface area (Å²) in [5, 5.41) is 8.88. The van der Waals surface area contributed by atoms with Crippen LogP contribution in [0.2, 0.25) is 0 Å². The van der Waals surface area contributed by atoms with Gasteiger partial charge >= 0.3 is 6.09 Å². The molecule has 5 rings (SSSR count). The summed E-state index contributed by atoms with van der Waals surface area (Å²) in [4.78, 5) is 20.3. The van der Waals surface area contributed by atoms with Gasteiger partial charge in [-0.3, -0.25) is 4.90 Å². The highest BCUT2D eigenvalue weighted by Crippen LogP contribution is 2.41. The lowest BCUT2D eigenvalue weighted by atomic mass is 9.94. The summed E-state index contributed by atoms with van der Waals surface area (Å²) in [6, 6.07) is 8.44. The van der Waals surface area contributed by atoms with Crippen LogP contribution >= 0.6 is 0 Å². The third kappa shape index (κ3) is 5.54. The van der Waals surface area contributed by atoms with Crippen LogP contribution in [-0.2, 0) is 9.47 Å². The van der Waals surface area contributed by atoms with Crippen molar-refractivity contribution in [2.45, 2.75) is 69.9 Å². The lowest BCUT2D eigenvalue weighted by Gasteiger charge is -2.44. The van der Waals surface area contributed by atoms with Gasteiger partial charge in [-0.15, -0.1) is 10.2 Å². The smallest absolute Gasteiger partial charge is 0.410 e. The Balaban J connectivity index is 1.33. The molecule has 2 aliphatic rings. The standard InChI is InChI=1S/C28H35FN6O4/c1-28(2,3)39-27(36)35-19-7-10-22(35)26(29)23(14-19)33(4)25-11-9-21(31-32-25)20-8-6-18(34-13-12-30-16-34)15-24(20)38-17-37-5/h6,8-9,11-13,15-16,19,22-23,26H,7,10,14,17H2,1-5H3/t19-,22+,23-,26+/m0/s1. The average Bonchev–Trinajstić information content (AvgIpc) is 3.56. The van der Waals surface area contributed by atoms with Crippen LogP contribution in [0, 0.1) is 0 Å². The van der Waals surface area contributed by atoms with Crippen LogP contribution in [0.5, 0.6) is 5.75 Å². The average molecular weight is 539 g/mol. The fourth-order valence-corrected chi connectivity index (χ4v) is 5.46. The van der Waals surface area contributed by atoms with Gasteiger partial charge in [0.15, 0.2) is 12.6 Å². The van der Waals surface area contributed by atoms with Gasteiger partial charge in [-0.05, 0) is 64.3 Å². The van der Waals surface area contributed by atoms with Crippen LogP contribution in [0.1, 0.15) is 40.0 Å². The van der Waals surface area contributed by atoms with E-state index in [4.69, 9.17) is 14.2 Å². The minimum atomic E-state index is -1.23. The van der Waals surface area contributed by atoms with Gasteiger partial charge in [-0.1, -0.05) is 0 Å². The number of amides is 1. The van der Waals surface area contributed by atoms with E-state index in [9.17, 15) is 4.79 Å². The number of carbonyl (C=O) groups excluding carboxylic acids is 1. The van der Waals surface area contributed by atoms with Gasteiger partial charge in [0.2, 0.25) is 0 Å². The number of ether oxygens (including phenoxy) is 3. The van der Waals surface area contributed by atoms with E-state index < -0.39 is 29.9 Å². The minimum absolute atomic E-state index is 0.0639. The van der Waals surface area contributed by atoms with Crippen molar-refractivity contribution in [2.24, 2.45) is 0 Å². The number of carbonyl (C=O) groups is 1. The molecule has 208 valence electrons. The van der Waals surface area contributed by atoms with Gasteiger partial charge in [-0.25, -0.2) is 14.2 Å². The van der Waals surface area contributed by atoms with Crippen molar-refractivity contribution in [3.63, 3.8) is 0 Å². The topological polar surface area (TPSA) is 94.8 Å². The lowest BCUT2D eigenvalue weighted by molar-refractivity contribution is -0.0104. The SMILES string of the molecule is COCOc1cc(-n2ccnc2)ccc1-c1ccc(N(C)[C@H]2C[C@@H]3CC[C@H]([C@H]2F)N3C(=O)OC(C)(C)C)nn1. The van der Waals surface area contributed by atoms with Crippen molar-refractivity contribution in [3.05, 3.63) is 49.1 Å². The monoisotopic (exact) mass is 538 g/mol. The molecule has 39 heavy (non-hydrogen) atoms. The summed E-state index contributed by atoms with van der Waals surface area (Å²) in [5.41, 5.74) is 1.63. The van der Waals surface area contributed by atoms with Crippen LogP contribution < -0.4 is 9.64 Å². The largest absolute Gasteiger partial charge is 0.467 e. The number of halogens is 1. The summed E-state index contributed by atoms with van der Waals surface area (Å²) in [5.74, 6) is 1.15. The van der Waals surface area contributed by atoms with E-state index in [-0.39, 0.29) is 12.8 Å². The second-order valence-electron chi connectivity index (χ2n) is 11.0. The van der Waals surface area contributed by atoms with E-state index in [2.05, 4.69) is 15.2 Å². The number of nitrogens with zero attached hydrogens (tertiary/aromatic N) is 6. The zero-order valence-corrected chi connectivity index (χ0v) is 23.0. The quantitative estimate of drug-likeness (QED) is 0.402. The normalized spacial score (nSPS) is 22.6.